The van der Waals surface area contributed by atoms with Gasteiger partial charge in [0.2, 0.25) is 0 Å². The lowest BCUT2D eigenvalue weighted by Crippen LogP contribution is -2.57. The van der Waals surface area contributed by atoms with Gasteiger partial charge in [0.05, 0.1) is 0 Å². The smallest absolute Gasteiger partial charge is 0.282 e. The minimum Gasteiger partial charge on any atom is -0.329 e. The normalized spacial score (nSPS) is 32.6. The first kappa shape index (κ1) is 15.2. The topological polar surface area (TPSA) is 66.6 Å². The van der Waals surface area contributed by atoms with Crippen LogP contribution in [0.4, 0.5) is 0 Å². The lowest BCUT2D eigenvalue weighted by molar-refractivity contribution is 0.172. The Morgan fingerprint density at radius 1 is 1.11 bits per heavy atom. The van der Waals surface area contributed by atoms with Gasteiger partial charge in [-0.05, 0) is 38.5 Å². The monoisotopic (exact) mass is 289 g/mol. The molecule has 2 fully saturated rings. The predicted molar refractivity (Wildman–Crippen MR) is 76.9 cm³/mol. The number of nitrogens with zero attached hydrogens (tertiary/aromatic N) is 2. The third-order valence-corrected chi connectivity index (χ3v) is 6.77. The molecule has 2 rings (SSSR count). The van der Waals surface area contributed by atoms with E-state index >= 15 is 0 Å². The van der Waals surface area contributed by atoms with Gasteiger partial charge >= 0.3 is 0 Å². The van der Waals surface area contributed by atoms with E-state index in [2.05, 4.69) is 6.92 Å². The molecule has 2 unspecified atom stereocenters. The Labute approximate surface area is 117 Å². The molecule has 0 radical (unpaired) electrons. The fourth-order valence-corrected chi connectivity index (χ4v) is 5.32. The van der Waals surface area contributed by atoms with Crippen LogP contribution in [0.1, 0.15) is 46.0 Å². The molecule has 2 aliphatic rings. The quantitative estimate of drug-likeness (QED) is 0.848. The van der Waals surface area contributed by atoms with E-state index in [-0.39, 0.29) is 12.1 Å². The lowest BCUT2D eigenvalue weighted by atomic mass is 10.00. The molecule has 0 saturated carbocycles. The average molecular weight is 289 g/mol. The van der Waals surface area contributed by atoms with E-state index in [0.29, 0.717) is 25.6 Å². The van der Waals surface area contributed by atoms with Gasteiger partial charge < -0.3 is 5.73 Å². The van der Waals surface area contributed by atoms with Crippen molar-refractivity contribution in [3.8, 4) is 0 Å². The molecule has 0 aliphatic carbocycles. The van der Waals surface area contributed by atoms with Crippen LogP contribution in [0, 0.1) is 5.92 Å². The van der Waals surface area contributed by atoms with Crippen LogP contribution >= 0.6 is 0 Å². The van der Waals surface area contributed by atoms with Gasteiger partial charge in [-0.25, -0.2) is 0 Å². The van der Waals surface area contributed by atoms with Crippen LogP contribution in [0.15, 0.2) is 0 Å². The molecule has 112 valence electrons. The summed E-state index contributed by atoms with van der Waals surface area (Å²) in [7, 11) is -3.33. The van der Waals surface area contributed by atoms with Gasteiger partial charge in [0, 0.05) is 31.7 Å². The third kappa shape index (κ3) is 3.12. The zero-order chi connectivity index (χ0) is 14.0. The second-order valence-corrected chi connectivity index (χ2v) is 7.92. The molecule has 2 atom stereocenters. The lowest BCUT2D eigenvalue weighted by Gasteiger charge is -2.42. The van der Waals surface area contributed by atoms with E-state index in [9.17, 15) is 8.42 Å². The summed E-state index contributed by atoms with van der Waals surface area (Å²) in [6, 6.07) is 0.0553. The highest BCUT2D eigenvalue weighted by atomic mass is 32.2. The summed E-state index contributed by atoms with van der Waals surface area (Å²) in [6.45, 7) is 5.93. The predicted octanol–water partition coefficient (Wildman–Crippen LogP) is 1.16. The SMILES string of the molecule is CC1CCN(S(=O)(=O)N2C(C)CCCC2CN)CC1. The minimum absolute atomic E-state index is 0.0203. The highest BCUT2D eigenvalue weighted by Crippen LogP contribution is 2.29. The second kappa shape index (κ2) is 6.08. The molecule has 2 saturated heterocycles. The number of hydrogen-bond acceptors (Lipinski definition) is 3. The maximum absolute atomic E-state index is 12.8. The van der Waals surface area contributed by atoms with Crippen LogP contribution < -0.4 is 5.73 Å². The maximum Gasteiger partial charge on any atom is 0.282 e. The Hall–Kier alpha value is -0.170. The van der Waals surface area contributed by atoms with E-state index in [1.807, 2.05) is 6.92 Å². The Bertz CT molecular complexity index is 391. The molecule has 0 amide bonds. The van der Waals surface area contributed by atoms with E-state index < -0.39 is 10.2 Å². The molecule has 0 bridgehead atoms. The van der Waals surface area contributed by atoms with Crippen LogP contribution in [-0.2, 0) is 10.2 Å². The van der Waals surface area contributed by atoms with Crippen molar-refractivity contribution in [1.29, 1.82) is 0 Å². The molecule has 2 N–H and O–H groups in total. The summed E-state index contributed by atoms with van der Waals surface area (Å²) in [5, 5.41) is 0. The molecular weight excluding hydrogens is 262 g/mol. The molecule has 0 aromatic carbocycles. The fourth-order valence-electron chi connectivity index (χ4n) is 3.25. The summed E-state index contributed by atoms with van der Waals surface area (Å²) >= 11 is 0. The molecule has 19 heavy (non-hydrogen) atoms. The molecule has 5 nitrogen and oxygen atoms in total. The van der Waals surface area contributed by atoms with Crippen molar-refractivity contribution in [2.75, 3.05) is 19.6 Å². The van der Waals surface area contributed by atoms with E-state index in [0.717, 1.165) is 32.1 Å². The molecule has 0 aromatic heterocycles. The van der Waals surface area contributed by atoms with Crippen LogP contribution in [-0.4, -0.2) is 48.7 Å². The minimum atomic E-state index is -3.33. The second-order valence-electron chi connectivity index (χ2n) is 6.09. The van der Waals surface area contributed by atoms with Gasteiger partial charge in [0.1, 0.15) is 0 Å². The Balaban J connectivity index is 2.16. The van der Waals surface area contributed by atoms with Gasteiger partial charge in [-0.1, -0.05) is 13.3 Å². The van der Waals surface area contributed by atoms with Gasteiger partial charge in [0.25, 0.3) is 10.2 Å². The van der Waals surface area contributed by atoms with Gasteiger partial charge in [0.15, 0.2) is 0 Å². The largest absolute Gasteiger partial charge is 0.329 e. The van der Waals surface area contributed by atoms with Gasteiger partial charge in [-0.2, -0.15) is 17.0 Å². The van der Waals surface area contributed by atoms with Crippen molar-refractivity contribution < 1.29 is 8.42 Å². The van der Waals surface area contributed by atoms with Gasteiger partial charge in [-0.3, -0.25) is 0 Å². The Kier molecular flexibility index (Phi) is 4.87. The molecule has 6 heteroatoms. The van der Waals surface area contributed by atoms with Crippen molar-refractivity contribution in [2.45, 2.75) is 58.0 Å². The number of rotatable bonds is 3. The van der Waals surface area contributed by atoms with E-state index in [1.54, 1.807) is 8.61 Å². The number of hydrogen-bond donors (Lipinski definition) is 1. The van der Waals surface area contributed by atoms with Crippen molar-refractivity contribution in [2.24, 2.45) is 11.7 Å². The number of piperidine rings is 2. The molecule has 2 aliphatic heterocycles. The zero-order valence-corrected chi connectivity index (χ0v) is 12.9. The van der Waals surface area contributed by atoms with Crippen molar-refractivity contribution in [3.05, 3.63) is 0 Å². The average Bonchev–Trinajstić information content (AvgIpc) is 2.38. The molecule has 0 aromatic rings. The standard InChI is InChI=1S/C13H27N3O2S/c1-11-6-8-15(9-7-11)19(17,18)16-12(2)4-3-5-13(16)10-14/h11-13H,3-10,14H2,1-2H3. The summed E-state index contributed by atoms with van der Waals surface area (Å²) in [5.41, 5.74) is 5.78. The first-order chi connectivity index (χ1) is 8.96. The van der Waals surface area contributed by atoms with Crippen molar-refractivity contribution in [1.82, 2.24) is 8.61 Å². The summed E-state index contributed by atoms with van der Waals surface area (Å²) in [6.07, 6.45) is 4.85. The first-order valence-corrected chi connectivity index (χ1v) is 8.85. The maximum atomic E-state index is 12.8. The van der Waals surface area contributed by atoms with Crippen molar-refractivity contribution in [3.63, 3.8) is 0 Å². The zero-order valence-electron chi connectivity index (χ0n) is 12.1. The van der Waals surface area contributed by atoms with E-state index in [1.165, 1.54) is 0 Å². The first-order valence-electron chi connectivity index (χ1n) is 7.45. The summed E-state index contributed by atoms with van der Waals surface area (Å²) in [5.74, 6) is 0.635. The Morgan fingerprint density at radius 2 is 1.74 bits per heavy atom. The summed E-state index contributed by atoms with van der Waals surface area (Å²) < 4.78 is 29.0. The fraction of sp³-hybridized carbons (Fsp3) is 1.00. The Morgan fingerprint density at radius 3 is 2.32 bits per heavy atom. The summed E-state index contributed by atoms with van der Waals surface area (Å²) in [4.78, 5) is 0. The molecule has 2 heterocycles. The van der Waals surface area contributed by atoms with Crippen LogP contribution in [0.25, 0.3) is 0 Å². The third-order valence-electron chi connectivity index (χ3n) is 4.56. The van der Waals surface area contributed by atoms with Gasteiger partial charge in [-0.15, -0.1) is 0 Å². The molecular formula is C13H27N3O2S. The number of nitrogens with two attached hydrogens (primary N) is 1. The van der Waals surface area contributed by atoms with Crippen molar-refractivity contribution >= 4 is 10.2 Å². The van der Waals surface area contributed by atoms with Crippen LogP contribution in [0.5, 0.6) is 0 Å². The van der Waals surface area contributed by atoms with Crippen LogP contribution in [0.3, 0.4) is 0 Å². The molecule has 0 spiro atoms. The van der Waals surface area contributed by atoms with E-state index in [4.69, 9.17) is 5.73 Å². The highest BCUT2D eigenvalue weighted by Gasteiger charge is 2.40. The highest BCUT2D eigenvalue weighted by molar-refractivity contribution is 7.86. The van der Waals surface area contributed by atoms with Crippen LogP contribution in [0.2, 0.25) is 0 Å².